The van der Waals surface area contributed by atoms with Crippen LogP contribution in [0.25, 0.3) is 0 Å². The van der Waals surface area contributed by atoms with Crippen molar-refractivity contribution in [3.8, 4) is 0 Å². The number of halogens is 1. The van der Waals surface area contributed by atoms with Crippen LogP contribution in [0, 0.1) is 5.92 Å². The lowest BCUT2D eigenvalue weighted by Gasteiger charge is -2.33. The second-order valence-corrected chi connectivity index (χ2v) is 7.54. The second-order valence-electron chi connectivity index (χ2n) is 7.13. The molecular formula is C22H25ClN2O2. The molecule has 4 nitrogen and oxygen atoms in total. The molecule has 1 atom stereocenters. The van der Waals surface area contributed by atoms with Crippen LogP contribution in [-0.2, 0) is 11.2 Å². The lowest BCUT2D eigenvalue weighted by molar-refractivity contribution is -0.134. The summed E-state index contributed by atoms with van der Waals surface area (Å²) in [5, 5.41) is 3.16. The molecule has 5 heteroatoms. The SMILES string of the molecule is C[C@H](NC(=O)c1ccccc1Cl)C(=O)N1CCC(Cc2ccccc2)CC1. The highest BCUT2D eigenvalue weighted by Crippen LogP contribution is 2.22. The van der Waals surface area contributed by atoms with Crippen molar-refractivity contribution in [2.45, 2.75) is 32.2 Å². The maximum absolute atomic E-state index is 12.7. The number of hydrogen-bond donors (Lipinski definition) is 1. The zero-order valence-electron chi connectivity index (χ0n) is 15.5. The highest BCUT2D eigenvalue weighted by Gasteiger charge is 2.27. The van der Waals surface area contributed by atoms with Crippen molar-refractivity contribution < 1.29 is 9.59 Å². The number of carbonyl (C=O) groups is 2. The van der Waals surface area contributed by atoms with Crippen molar-refractivity contribution in [2.75, 3.05) is 13.1 Å². The van der Waals surface area contributed by atoms with Gasteiger partial charge in [-0.3, -0.25) is 9.59 Å². The Morgan fingerprint density at radius 1 is 1.07 bits per heavy atom. The average Bonchev–Trinajstić information content (AvgIpc) is 2.69. The molecule has 1 fully saturated rings. The quantitative estimate of drug-likeness (QED) is 0.848. The molecule has 3 rings (SSSR count). The Labute approximate surface area is 165 Å². The Morgan fingerprint density at radius 2 is 1.70 bits per heavy atom. The average molecular weight is 385 g/mol. The number of piperidine rings is 1. The maximum atomic E-state index is 12.7. The number of hydrogen-bond acceptors (Lipinski definition) is 2. The van der Waals surface area contributed by atoms with Gasteiger partial charge in [0.1, 0.15) is 6.04 Å². The Kier molecular flexibility index (Phi) is 6.51. The fourth-order valence-corrected chi connectivity index (χ4v) is 3.78. The van der Waals surface area contributed by atoms with Crippen molar-refractivity contribution in [1.82, 2.24) is 10.2 Å². The van der Waals surface area contributed by atoms with Crippen LogP contribution in [0.4, 0.5) is 0 Å². The highest BCUT2D eigenvalue weighted by atomic mass is 35.5. The summed E-state index contributed by atoms with van der Waals surface area (Å²) in [5.41, 5.74) is 1.74. The molecule has 142 valence electrons. The Hall–Kier alpha value is -2.33. The summed E-state index contributed by atoms with van der Waals surface area (Å²) in [6, 6.07) is 16.8. The summed E-state index contributed by atoms with van der Waals surface area (Å²) in [6.45, 7) is 3.21. The van der Waals surface area contributed by atoms with Gasteiger partial charge in [-0.15, -0.1) is 0 Å². The first kappa shape index (κ1) is 19.4. The summed E-state index contributed by atoms with van der Waals surface area (Å²) >= 11 is 6.06. The van der Waals surface area contributed by atoms with E-state index in [0.717, 1.165) is 32.4 Å². The fraction of sp³-hybridized carbons (Fsp3) is 0.364. The van der Waals surface area contributed by atoms with Gasteiger partial charge in [-0.25, -0.2) is 0 Å². The van der Waals surface area contributed by atoms with E-state index in [1.54, 1.807) is 31.2 Å². The molecule has 0 aliphatic carbocycles. The predicted octanol–water partition coefficient (Wildman–Crippen LogP) is 3.94. The van der Waals surface area contributed by atoms with Gasteiger partial charge in [0.2, 0.25) is 5.91 Å². The molecule has 0 spiro atoms. The Bertz CT molecular complexity index is 786. The van der Waals surface area contributed by atoms with E-state index in [-0.39, 0.29) is 11.8 Å². The number of amides is 2. The van der Waals surface area contributed by atoms with Gasteiger partial charge in [0.15, 0.2) is 0 Å². The minimum atomic E-state index is -0.570. The minimum Gasteiger partial charge on any atom is -0.341 e. The number of benzene rings is 2. The molecule has 1 saturated heterocycles. The molecule has 0 unspecified atom stereocenters. The standard InChI is InChI=1S/C22H25ClN2O2/c1-16(24-21(26)19-9-5-6-10-20(19)23)22(27)25-13-11-18(12-14-25)15-17-7-3-2-4-8-17/h2-10,16,18H,11-15H2,1H3,(H,24,26)/t16-/m0/s1. The summed E-state index contributed by atoms with van der Waals surface area (Å²) in [6.07, 6.45) is 3.04. The van der Waals surface area contributed by atoms with Gasteiger partial charge in [-0.1, -0.05) is 54.1 Å². The lowest BCUT2D eigenvalue weighted by Crippen LogP contribution is -2.49. The summed E-state index contributed by atoms with van der Waals surface area (Å²) in [7, 11) is 0. The number of rotatable bonds is 5. The minimum absolute atomic E-state index is 0.0337. The Morgan fingerprint density at radius 3 is 2.37 bits per heavy atom. The maximum Gasteiger partial charge on any atom is 0.253 e. The summed E-state index contributed by atoms with van der Waals surface area (Å²) in [4.78, 5) is 26.9. The van der Waals surface area contributed by atoms with Crippen molar-refractivity contribution in [3.05, 3.63) is 70.7 Å². The zero-order chi connectivity index (χ0) is 19.2. The van der Waals surface area contributed by atoms with Crippen LogP contribution in [-0.4, -0.2) is 35.8 Å². The van der Waals surface area contributed by atoms with Crippen LogP contribution in [0.2, 0.25) is 5.02 Å². The van der Waals surface area contributed by atoms with Gasteiger partial charge in [0, 0.05) is 13.1 Å². The van der Waals surface area contributed by atoms with E-state index in [1.807, 2.05) is 11.0 Å². The zero-order valence-corrected chi connectivity index (χ0v) is 16.3. The van der Waals surface area contributed by atoms with Crippen molar-refractivity contribution in [3.63, 3.8) is 0 Å². The highest BCUT2D eigenvalue weighted by molar-refractivity contribution is 6.33. The normalized spacial score (nSPS) is 16.0. The van der Waals surface area contributed by atoms with E-state index in [0.29, 0.717) is 16.5 Å². The van der Waals surface area contributed by atoms with E-state index < -0.39 is 6.04 Å². The predicted molar refractivity (Wildman–Crippen MR) is 108 cm³/mol. The van der Waals surface area contributed by atoms with Crippen LogP contribution in [0.3, 0.4) is 0 Å². The molecule has 1 heterocycles. The van der Waals surface area contributed by atoms with Gasteiger partial charge in [-0.05, 0) is 49.8 Å². The smallest absolute Gasteiger partial charge is 0.253 e. The van der Waals surface area contributed by atoms with E-state index >= 15 is 0 Å². The molecule has 2 amide bonds. The summed E-state index contributed by atoms with van der Waals surface area (Å²) in [5.74, 6) is 0.249. The third-order valence-electron chi connectivity index (χ3n) is 5.13. The number of nitrogens with zero attached hydrogens (tertiary/aromatic N) is 1. The van der Waals surface area contributed by atoms with E-state index in [9.17, 15) is 9.59 Å². The lowest BCUT2D eigenvalue weighted by atomic mass is 9.90. The van der Waals surface area contributed by atoms with Gasteiger partial charge in [0.25, 0.3) is 5.91 Å². The number of carbonyl (C=O) groups excluding carboxylic acids is 2. The van der Waals surface area contributed by atoms with E-state index in [4.69, 9.17) is 11.6 Å². The molecule has 27 heavy (non-hydrogen) atoms. The molecule has 2 aromatic carbocycles. The monoisotopic (exact) mass is 384 g/mol. The summed E-state index contributed by atoms with van der Waals surface area (Å²) < 4.78 is 0. The number of likely N-dealkylation sites (tertiary alicyclic amines) is 1. The fourth-order valence-electron chi connectivity index (χ4n) is 3.56. The molecular weight excluding hydrogens is 360 g/mol. The van der Waals surface area contributed by atoms with Gasteiger partial charge in [0.05, 0.1) is 10.6 Å². The first-order valence-corrected chi connectivity index (χ1v) is 9.80. The largest absolute Gasteiger partial charge is 0.341 e. The van der Waals surface area contributed by atoms with Gasteiger partial charge < -0.3 is 10.2 Å². The van der Waals surface area contributed by atoms with Crippen LogP contribution in [0.1, 0.15) is 35.7 Å². The van der Waals surface area contributed by atoms with Gasteiger partial charge >= 0.3 is 0 Å². The van der Waals surface area contributed by atoms with Crippen molar-refractivity contribution in [2.24, 2.45) is 5.92 Å². The molecule has 1 N–H and O–H groups in total. The number of nitrogens with one attached hydrogen (secondary N) is 1. The first-order valence-electron chi connectivity index (χ1n) is 9.42. The molecule has 1 aliphatic heterocycles. The van der Waals surface area contributed by atoms with Crippen LogP contribution < -0.4 is 5.32 Å². The molecule has 0 bridgehead atoms. The van der Waals surface area contributed by atoms with Crippen molar-refractivity contribution in [1.29, 1.82) is 0 Å². The topological polar surface area (TPSA) is 49.4 Å². The van der Waals surface area contributed by atoms with E-state index in [1.165, 1.54) is 5.56 Å². The van der Waals surface area contributed by atoms with Gasteiger partial charge in [-0.2, -0.15) is 0 Å². The van der Waals surface area contributed by atoms with Crippen LogP contribution in [0.15, 0.2) is 54.6 Å². The molecule has 0 aromatic heterocycles. The third-order valence-corrected chi connectivity index (χ3v) is 5.46. The van der Waals surface area contributed by atoms with Crippen LogP contribution in [0.5, 0.6) is 0 Å². The molecule has 2 aromatic rings. The molecule has 0 radical (unpaired) electrons. The molecule has 0 saturated carbocycles. The first-order chi connectivity index (χ1) is 13.0. The van der Waals surface area contributed by atoms with E-state index in [2.05, 4.69) is 29.6 Å². The second kappa shape index (κ2) is 9.05. The third kappa shape index (κ3) is 5.10. The van der Waals surface area contributed by atoms with Crippen molar-refractivity contribution >= 4 is 23.4 Å². The molecule has 1 aliphatic rings. The van der Waals surface area contributed by atoms with Crippen LogP contribution >= 0.6 is 11.6 Å². The Balaban J connectivity index is 1.50.